The topological polar surface area (TPSA) is 38.5 Å². The number of rotatable bonds is 4. The Kier molecular flexibility index (Phi) is 3.27. The minimum Gasteiger partial charge on any atom is -0.492 e. The van der Waals surface area contributed by atoms with Crippen LogP contribution in [0, 0.1) is 0 Å². The van der Waals surface area contributed by atoms with Gasteiger partial charge in [-0.15, -0.1) is 0 Å². The number of nitrogens with zero attached hydrogens (tertiary/aromatic N) is 1. The van der Waals surface area contributed by atoms with Crippen molar-refractivity contribution < 1.29 is 4.74 Å². The molecule has 0 unspecified atom stereocenters. The molecule has 3 rings (SSSR count). The van der Waals surface area contributed by atoms with Crippen LogP contribution >= 0.6 is 0 Å². The number of nitrogens with two attached hydrogens (primary N) is 1. The summed E-state index contributed by atoms with van der Waals surface area (Å²) in [5.74, 6) is 0.877. The zero-order valence-corrected chi connectivity index (χ0v) is 10.9. The lowest BCUT2D eigenvalue weighted by atomic mass is 10.2. The Morgan fingerprint density at radius 3 is 2.68 bits per heavy atom. The van der Waals surface area contributed by atoms with Gasteiger partial charge < -0.3 is 15.4 Å². The van der Waals surface area contributed by atoms with Gasteiger partial charge in [0.15, 0.2) is 0 Å². The van der Waals surface area contributed by atoms with Crippen LogP contribution in [0.15, 0.2) is 48.5 Å². The molecule has 19 heavy (non-hydrogen) atoms. The highest BCUT2D eigenvalue weighted by Crippen LogP contribution is 2.26. The van der Waals surface area contributed by atoms with Crippen LogP contribution < -0.4 is 15.4 Å². The molecule has 98 valence electrons. The highest BCUT2D eigenvalue weighted by molar-refractivity contribution is 5.57. The molecule has 0 aromatic heterocycles. The second-order valence-electron chi connectivity index (χ2n) is 4.78. The van der Waals surface area contributed by atoms with Crippen LogP contribution in [0.5, 0.6) is 5.75 Å². The SMILES string of the molecule is Nc1ccc(OCCN2CCc3ccccc32)cc1. The Morgan fingerprint density at radius 1 is 1.05 bits per heavy atom. The summed E-state index contributed by atoms with van der Waals surface area (Å²) >= 11 is 0. The lowest BCUT2D eigenvalue weighted by Crippen LogP contribution is -2.26. The van der Waals surface area contributed by atoms with Gasteiger partial charge in [-0.25, -0.2) is 0 Å². The summed E-state index contributed by atoms with van der Waals surface area (Å²) < 4.78 is 5.74. The normalized spacial score (nSPS) is 13.4. The van der Waals surface area contributed by atoms with Gasteiger partial charge in [-0.05, 0) is 42.3 Å². The summed E-state index contributed by atoms with van der Waals surface area (Å²) in [6.45, 7) is 2.70. The van der Waals surface area contributed by atoms with E-state index in [0.29, 0.717) is 6.61 Å². The van der Waals surface area contributed by atoms with Gasteiger partial charge in [0.05, 0.1) is 6.54 Å². The van der Waals surface area contributed by atoms with E-state index in [4.69, 9.17) is 10.5 Å². The number of ether oxygens (including phenoxy) is 1. The molecular weight excluding hydrogens is 236 g/mol. The first kappa shape index (κ1) is 11.9. The minimum atomic E-state index is 0.693. The summed E-state index contributed by atoms with van der Waals surface area (Å²) in [7, 11) is 0. The van der Waals surface area contributed by atoms with E-state index in [9.17, 15) is 0 Å². The van der Waals surface area contributed by atoms with E-state index in [1.807, 2.05) is 24.3 Å². The highest BCUT2D eigenvalue weighted by Gasteiger charge is 2.17. The van der Waals surface area contributed by atoms with Crippen molar-refractivity contribution in [2.24, 2.45) is 0 Å². The van der Waals surface area contributed by atoms with Crippen molar-refractivity contribution in [3.05, 3.63) is 54.1 Å². The quantitative estimate of drug-likeness (QED) is 0.853. The summed E-state index contributed by atoms with van der Waals surface area (Å²) in [6.07, 6.45) is 1.14. The van der Waals surface area contributed by atoms with Crippen LogP contribution in [0.4, 0.5) is 11.4 Å². The van der Waals surface area contributed by atoms with Crippen LogP contribution in [0.1, 0.15) is 5.56 Å². The van der Waals surface area contributed by atoms with E-state index in [1.54, 1.807) is 0 Å². The lowest BCUT2D eigenvalue weighted by Gasteiger charge is -2.19. The van der Waals surface area contributed by atoms with E-state index in [0.717, 1.165) is 30.9 Å². The molecule has 0 amide bonds. The first-order valence-corrected chi connectivity index (χ1v) is 6.64. The molecule has 1 aliphatic heterocycles. The van der Waals surface area contributed by atoms with Crippen LogP contribution in [0.3, 0.4) is 0 Å². The van der Waals surface area contributed by atoms with Gasteiger partial charge in [0.2, 0.25) is 0 Å². The Labute approximate surface area is 113 Å². The maximum atomic E-state index is 5.74. The molecule has 2 aromatic rings. The average Bonchev–Trinajstić information content (AvgIpc) is 2.85. The third-order valence-corrected chi connectivity index (χ3v) is 3.49. The molecule has 2 N–H and O–H groups in total. The molecule has 2 aromatic carbocycles. The fourth-order valence-electron chi connectivity index (χ4n) is 2.48. The lowest BCUT2D eigenvalue weighted by molar-refractivity contribution is 0.324. The van der Waals surface area contributed by atoms with Crippen molar-refractivity contribution in [2.45, 2.75) is 6.42 Å². The summed E-state index contributed by atoms with van der Waals surface area (Å²) in [4.78, 5) is 2.38. The maximum Gasteiger partial charge on any atom is 0.119 e. The molecule has 0 radical (unpaired) electrons. The fourth-order valence-corrected chi connectivity index (χ4v) is 2.48. The monoisotopic (exact) mass is 254 g/mol. The van der Waals surface area contributed by atoms with E-state index < -0.39 is 0 Å². The number of para-hydroxylation sites is 1. The van der Waals surface area contributed by atoms with Crippen LogP contribution in [0.25, 0.3) is 0 Å². The minimum absolute atomic E-state index is 0.693. The number of fused-ring (bicyclic) bond motifs is 1. The molecule has 0 spiro atoms. The number of benzene rings is 2. The van der Waals surface area contributed by atoms with Crippen molar-refractivity contribution in [1.29, 1.82) is 0 Å². The summed E-state index contributed by atoms with van der Waals surface area (Å²) in [5.41, 5.74) is 9.20. The highest BCUT2D eigenvalue weighted by atomic mass is 16.5. The van der Waals surface area contributed by atoms with Gasteiger partial charge >= 0.3 is 0 Å². The molecule has 3 nitrogen and oxygen atoms in total. The number of nitrogen functional groups attached to an aromatic ring is 1. The van der Waals surface area contributed by atoms with Crippen molar-refractivity contribution in [2.75, 3.05) is 30.3 Å². The van der Waals surface area contributed by atoms with Crippen LogP contribution in [0.2, 0.25) is 0 Å². The molecular formula is C16H18N2O. The third-order valence-electron chi connectivity index (χ3n) is 3.49. The molecule has 0 saturated heterocycles. The van der Waals surface area contributed by atoms with E-state index in [1.165, 1.54) is 11.3 Å². The second kappa shape index (κ2) is 5.22. The maximum absolute atomic E-state index is 5.74. The third kappa shape index (κ3) is 2.65. The van der Waals surface area contributed by atoms with Gasteiger partial charge in [0.25, 0.3) is 0 Å². The first-order valence-electron chi connectivity index (χ1n) is 6.64. The Balaban J connectivity index is 1.55. The molecule has 1 heterocycles. The van der Waals surface area contributed by atoms with Crippen molar-refractivity contribution >= 4 is 11.4 Å². The molecule has 0 fully saturated rings. The van der Waals surface area contributed by atoms with Gasteiger partial charge in [0, 0.05) is 17.9 Å². The van der Waals surface area contributed by atoms with Gasteiger partial charge in [-0.1, -0.05) is 18.2 Å². The van der Waals surface area contributed by atoms with Crippen LogP contribution in [-0.2, 0) is 6.42 Å². The first-order chi connectivity index (χ1) is 9.33. The largest absolute Gasteiger partial charge is 0.492 e. The van der Waals surface area contributed by atoms with Crippen LogP contribution in [-0.4, -0.2) is 19.7 Å². The van der Waals surface area contributed by atoms with E-state index in [-0.39, 0.29) is 0 Å². The van der Waals surface area contributed by atoms with E-state index >= 15 is 0 Å². The fraction of sp³-hybridized carbons (Fsp3) is 0.250. The van der Waals surface area contributed by atoms with Gasteiger partial charge in [0.1, 0.15) is 12.4 Å². The molecule has 1 aliphatic rings. The summed E-state index contributed by atoms with van der Waals surface area (Å²) in [6, 6.07) is 16.1. The van der Waals surface area contributed by atoms with Crippen molar-refractivity contribution in [3.8, 4) is 5.75 Å². The zero-order valence-electron chi connectivity index (χ0n) is 10.9. The number of anilines is 2. The van der Waals surface area contributed by atoms with Gasteiger partial charge in [-0.2, -0.15) is 0 Å². The Morgan fingerprint density at radius 2 is 1.84 bits per heavy atom. The molecule has 0 aliphatic carbocycles. The Hall–Kier alpha value is -2.16. The molecule has 0 saturated carbocycles. The van der Waals surface area contributed by atoms with Crippen molar-refractivity contribution in [3.63, 3.8) is 0 Å². The number of hydrogen-bond acceptors (Lipinski definition) is 3. The average molecular weight is 254 g/mol. The van der Waals surface area contributed by atoms with Crippen molar-refractivity contribution in [1.82, 2.24) is 0 Å². The van der Waals surface area contributed by atoms with Gasteiger partial charge in [-0.3, -0.25) is 0 Å². The van der Waals surface area contributed by atoms with E-state index in [2.05, 4.69) is 29.2 Å². The Bertz CT molecular complexity index is 551. The second-order valence-corrected chi connectivity index (χ2v) is 4.78. The molecule has 0 atom stereocenters. The molecule has 3 heteroatoms. The summed E-state index contributed by atoms with van der Waals surface area (Å²) in [5, 5.41) is 0. The zero-order chi connectivity index (χ0) is 13.1. The number of hydrogen-bond donors (Lipinski definition) is 1. The molecule has 0 bridgehead atoms. The predicted molar refractivity (Wildman–Crippen MR) is 78.7 cm³/mol. The standard InChI is InChI=1S/C16H18N2O/c17-14-5-7-15(8-6-14)19-12-11-18-10-9-13-3-1-2-4-16(13)18/h1-8H,9-12,17H2. The predicted octanol–water partition coefficient (Wildman–Crippen LogP) is 2.71. The smallest absolute Gasteiger partial charge is 0.119 e.